The summed E-state index contributed by atoms with van der Waals surface area (Å²) in [6.07, 6.45) is 1.39. The standard InChI is InChI=1S/C33H29N5O9/c1-18-25(15-22(16-34)31(40)37-18)21-9-11-23(12-10-21)46-14-13-27(35-17-39)47-33(42)29-20(3)36-19(2)28(32(41)45-4)30(29)24-7-5-6-8-26(24)38(43)44/h5-15,17,27-28,30H,1-4H3,(H,35,39)(H,37,40). The Morgan fingerprint density at radius 3 is 2.49 bits per heavy atom. The van der Waals surface area contributed by atoms with Crippen LogP contribution in [0.5, 0.6) is 5.75 Å². The van der Waals surface area contributed by atoms with E-state index in [4.69, 9.17) is 14.2 Å². The number of H-pyrrole nitrogens is 1. The molecule has 47 heavy (non-hydrogen) atoms. The number of carbonyl (C=O) groups is 3. The fourth-order valence-electron chi connectivity index (χ4n) is 5.27. The van der Waals surface area contributed by atoms with Gasteiger partial charge in [0.1, 0.15) is 23.3 Å². The van der Waals surface area contributed by atoms with Crippen LogP contribution in [0, 0.1) is 34.3 Å². The number of methoxy groups -OCH3 is 1. The highest BCUT2D eigenvalue weighted by Gasteiger charge is 2.45. The molecule has 4 rings (SSSR count). The molecule has 0 saturated heterocycles. The molecule has 1 aliphatic heterocycles. The molecule has 3 unspecified atom stereocenters. The highest BCUT2D eigenvalue weighted by atomic mass is 16.6. The van der Waals surface area contributed by atoms with E-state index in [-0.39, 0.29) is 33.8 Å². The number of amides is 1. The Hall–Kier alpha value is -6.36. The molecule has 0 radical (unpaired) electrons. The monoisotopic (exact) mass is 639 g/mol. The second kappa shape index (κ2) is 14.6. The summed E-state index contributed by atoms with van der Waals surface area (Å²) in [6.45, 7) is 4.78. The molecule has 0 spiro atoms. The first kappa shape index (κ1) is 33.5. The number of para-hydroxylation sites is 1. The van der Waals surface area contributed by atoms with Gasteiger partial charge >= 0.3 is 11.9 Å². The zero-order chi connectivity index (χ0) is 34.2. The van der Waals surface area contributed by atoms with Crippen molar-refractivity contribution >= 4 is 29.7 Å². The maximum absolute atomic E-state index is 13.7. The van der Waals surface area contributed by atoms with Gasteiger partial charge in [-0.25, -0.2) is 4.79 Å². The molecule has 1 aliphatic rings. The van der Waals surface area contributed by atoms with E-state index >= 15 is 0 Å². The topological polar surface area (TPSA) is 203 Å². The van der Waals surface area contributed by atoms with Crippen molar-refractivity contribution in [2.75, 3.05) is 7.11 Å². The number of aryl methyl sites for hydroxylation is 1. The van der Waals surface area contributed by atoms with Crippen LogP contribution in [0.1, 0.15) is 36.6 Å². The number of nitrogens with one attached hydrogen (secondary N) is 2. The first-order valence-corrected chi connectivity index (χ1v) is 14.1. The van der Waals surface area contributed by atoms with E-state index in [0.29, 0.717) is 29.0 Å². The number of nitrogens with zero attached hydrogens (tertiary/aromatic N) is 3. The second-order valence-corrected chi connectivity index (χ2v) is 10.3. The van der Waals surface area contributed by atoms with Gasteiger partial charge in [-0.05, 0) is 44.5 Å². The SMILES string of the molecule is COC(=O)C1C(C)=NC(C)=C(C(=O)OC(C=COc2ccc(-c3cc(C#N)c(=O)[nH]c3C)cc2)NC=O)C1c1ccccc1[N+](=O)[O-]. The summed E-state index contributed by atoms with van der Waals surface area (Å²) >= 11 is 0. The predicted octanol–water partition coefficient (Wildman–Crippen LogP) is 3.96. The minimum atomic E-state index is -1.34. The van der Waals surface area contributed by atoms with E-state index in [1.165, 1.54) is 43.5 Å². The van der Waals surface area contributed by atoms with Crippen LogP contribution in [0.2, 0.25) is 0 Å². The molecule has 0 saturated carbocycles. The predicted molar refractivity (Wildman–Crippen MR) is 168 cm³/mol. The molecule has 2 heterocycles. The normalized spacial score (nSPS) is 16.4. The molecule has 2 aromatic carbocycles. The van der Waals surface area contributed by atoms with Gasteiger partial charge in [-0.1, -0.05) is 30.3 Å². The number of hydrogen-bond acceptors (Lipinski definition) is 11. The van der Waals surface area contributed by atoms with Crippen LogP contribution in [-0.2, 0) is 23.9 Å². The van der Waals surface area contributed by atoms with Crippen molar-refractivity contribution in [3.63, 3.8) is 0 Å². The Morgan fingerprint density at radius 1 is 1.15 bits per heavy atom. The maximum Gasteiger partial charge on any atom is 0.338 e. The summed E-state index contributed by atoms with van der Waals surface area (Å²) in [7, 11) is 1.16. The molecule has 0 bridgehead atoms. The van der Waals surface area contributed by atoms with Crippen molar-refractivity contribution in [2.24, 2.45) is 10.9 Å². The third kappa shape index (κ3) is 7.31. The molecular weight excluding hydrogens is 610 g/mol. The van der Waals surface area contributed by atoms with Crippen LogP contribution in [0.4, 0.5) is 5.69 Å². The summed E-state index contributed by atoms with van der Waals surface area (Å²) < 4.78 is 16.1. The molecule has 0 aliphatic carbocycles. The number of nitro benzene ring substituents is 1. The van der Waals surface area contributed by atoms with E-state index in [1.54, 1.807) is 44.2 Å². The molecule has 240 valence electrons. The summed E-state index contributed by atoms with van der Waals surface area (Å²) in [6, 6.07) is 15.8. The summed E-state index contributed by atoms with van der Waals surface area (Å²) in [5.74, 6) is -3.72. The number of allylic oxidation sites excluding steroid dienone is 1. The molecular formula is C33H29N5O9. The highest BCUT2D eigenvalue weighted by molar-refractivity contribution is 6.07. The fraction of sp³-hybridized carbons (Fsp3) is 0.212. The number of aliphatic imine (C=N–C) groups is 1. The Morgan fingerprint density at radius 2 is 1.85 bits per heavy atom. The van der Waals surface area contributed by atoms with Gasteiger partial charge in [0, 0.05) is 46.3 Å². The van der Waals surface area contributed by atoms with Crippen LogP contribution in [0.3, 0.4) is 0 Å². The molecule has 3 atom stereocenters. The number of rotatable bonds is 11. The molecule has 14 heteroatoms. The van der Waals surface area contributed by atoms with Crippen molar-refractivity contribution in [1.82, 2.24) is 10.3 Å². The zero-order valence-electron chi connectivity index (χ0n) is 25.7. The van der Waals surface area contributed by atoms with Crippen molar-refractivity contribution in [1.29, 1.82) is 5.26 Å². The van der Waals surface area contributed by atoms with E-state index in [2.05, 4.69) is 15.3 Å². The highest BCUT2D eigenvalue weighted by Crippen LogP contribution is 2.43. The van der Waals surface area contributed by atoms with E-state index in [1.807, 2.05) is 6.07 Å². The smallest absolute Gasteiger partial charge is 0.338 e. The third-order valence-corrected chi connectivity index (χ3v) is 7.42. The average Bonchev–Trinajstić information content (AvgIpc) is 3.04. The molecule has 14 nitrogen and oxygen atoms in total. The fourth-order valence-corrected chi connectivity index (χ4v) is 5.27. The number of nitriles is 1. The number of carbonyl (C=O) groups excluding carboxylic acids is 3. The summed E-state index contributed by atoms with van der Waals surface area (Å²) in [4.78, 5) is 68.1. The molecule has 1 aromatic heterocycles. The van der Waals surface area contributed by atoms with Gasteiger partial charge < -0.3 is 24.5 Å². The van der Waals surface area contributed by atoms with Gasteiger partial charge in [0.25, 0.3) is 11.2 Å². The molecule has 1 amide bonds. The lowest BCUT2D eigenvalue weighted by molar-refractivity contribution is -0.385. The zero-order valence-corrected chi connectivity index (χ0v) is 25.7. The van der Waals surface area contributed by atoms with Crippen LogP contribution >= 0.6 is 0 Å². The quantitative estimate of drug-likeness (QED) is 0.0772. The number of hydrogen-bond donors (Lipinski definition) is 2. The van der Waals surface area contributed by atoms with Crippen LogP contribution in [0.25, 0.3) is 11.1 Å². The number of nitro groups is 1. The van der Waals surface area contributed by atoms with Gasteiger partial charge in [0.05, 0.1) is 23.9 Å². The van der Waals surface area contributed by atoms with Gasteiger partial charge in [-0.2, -0.15) is 5.26 Å². The van der Waals surface area contributed by atoms with E-state index < -0.39 is 40.5 Å². The molecule has 0 fully saturated rings. The summed E-state index contributed by atoms with van der Waals surface area (Å²) in [5, 5.41) is 23.5. The first-order chi connectivity index (χ1) is 22.5. The first-order valence-electron chi connectivity index (χ1n) is 14.1. The van der Waals surface area contributed by atoms with Gasteiger partial charge in [0.2, 0.25) is 6.41 Å². The average molecular weight is 640 g/mol. The Bertz CT molecular complexity index is 1920. The largest absolute Gasteiger partial charge is 0.468 e. The number of esters is 2. The van der Waals surface area contributed by atoms with E-state index in [0.717, 1.165) is 7.11 Å². The van der Waals surface area contributed by atoms with Gasteiger partial charge in [-0.15, -0.1) is 0 Å². The maximum atomic E-state index is 13.7. The van der Waals surface area contributed by atoms with Gasteiger partial charge in [-0.3, -0.25) is 29.5 Å². The van der Waals surface area contributed by atoms with Crippen molar-refractivity contribution in [3.8, 4) is 22.9 Å². The Labute approximate surface area is 268 Å². The van der Waals surface area contributed by atoms with Crippen molar-refractivity contribution in [3.05, 3.63) is 115 Å². The lowest BCUT2D eigenvalue weighted by Crippen LogP contribution is -2.38. The second-order valence-electron chi connectivity index (χ2n) is 10.3. The Kier molecular flexibility index (Phi) is 10.4. The molecule has 2 N–H and O–H groups in total. The van der Waals surface area contributed by atoms with Crippen LogP contribution in [-0.4, -0.2) is 47.3 Å². The summed E-state index contributed by atoms with van der Waals surface area (Å²) in [5.41, 5.74) is 1.55. The minimum Gasteiger partial charge on any atom is -0.468 e. The molecule has 3 aromatic rings. The van der Waals surface area contributed by atoms with Crippen molar-refractivity contribution < 1.29 is 33.5 Å². The third-order valence-electron chi connectivity index (χ3n) is 7.42. The number of benzene rings is 2. The lowest BCUT2D eigenvalue weighted by atomic mass is 9.75. The number of ether oxygens (including phenoxy) is 3. The Balaban J connectivity index is 1.58. The lowest BCUT2D eigenvalue weighted by Gasteiger charge is -2.31. The number of pyridine rings is 1. The van der Waals surface area contributed by atoms with Crippen molar-refractivity contribution in [2.45, 2.75) is 32.9 Å². The van der Waals surface area contributed by atoms with E-state index in [9.17, 15) is 34.6 Å². The van der Waals surface area contributed by atoms with Crippen LogP contribution < -0.4 is 15.6 Å². The van der Waals surface area contributed by atoms with Gasteiger partial charge in [0.15, 0.2) is 6.23 Å². The van der Waals surface area contributed by atoms with Crippen LogP contribution in [0.15, 0.2) is 88.0 Å². The minimum absolute atomic E-state index is 0.0209. The number of aromatic amines is 1. The number of aromatic nitrogens is 1.